The van der Waals surface area contributed by atoms with Crippen LogP contribution in [-0.4, -0.2) is 12.5 Å². The van der Waals surface area contributed by atoms with Crippen molar-refractivity contribution < 1.29 is 10.1 Å². The monoisotopic (exact) mass is 378 g/mol. The lowest BCUT2D eigenvalue weighted by Gasteiger charge is -2.14. The third-order valence-corrected chi connectivity index (χ3v) is 4.72. The van der Waals surface area contributed by atoms with Crippen LogP contribution in [0.2, 0.25) is 0 Å². The van der Waals surface area contributed by atoms with Crippen molar-refractivity contribution in [3.05, 3.63) is 51.3 Å². The Bertz CT molecular complexity index is 675. The van der Waals surface area contributed by atoms with Gasteiger partial charge in [0.25, 0.3) is 5.91 Å². The molecule has 0 bridgehead atoms. The number of carbonyl (C=O) groups excluding carboxylic acids is 1. The highest BCUT2D eigenvalue weighted by molar-refractivity contribution is 9.10. The van der Waals surface area contributed by atoms with Crippen molar-refractivity contribution in [2.75, 3.05) is 11.9 Å². The van der Waals surface area contributed by atoms with E-state index in [0.717, 1.165) is 10.9 Å². The Balaban J connectivity index is 1.92. The fourth-order valence-electron chi connectivity index (χ4n) is 2.17. The third-order valence-electron chi connectivity index (χ3n) is 3.36. The minimum absolute atomic E-state index is 0.0884. The summed E-state index contributed by atoms with van der Waals surface area (Å²) in [6, 6.07) is 12.2. The topological polar surface area (TPSA) is 69.5 Å². The van der Waals surface area contributed by atoms with Crippen LogP contribution in [0.1, 0.15) is 30.5 Å². The molecule has 1 aromatic heterocycles. The molecule has 0 aliphatic rings. The lowest BCUT2D eigenvalue weighted by atomic mass is 10.0. The molecule has 2 aromatic rings. The molecule has 0 spiro atoms. The van der Waals surface area contributed by atoms with E-state index < -0.39 is 0 Å². The summed E-state index contributed by atoms with van der Waals surface area (Å²) in [4.78, 5) is 12.0. The van der Waals surface area contributed by atoms with Crippen LogP contribution >= 0.6 is 27.3 Å². The summed E-state index contributed by atoms with van der Waals surface area (Å²) >= 11 is 4.79. The second-order valence-corrected chi connectivity index (χ2v) is 6.66. The number of hydrogen-bond acceptors (Lipinski definition) is 3. The number of quaternary nitrogens is 1. The second kappa shape index (κ2) is 8.08. The van der Waals surface area contributed by atoms with Gasteiger partial charge in [-0.25, -0.2) is 0 Å². The lowest BCUT2D eigenvalue weighted by Crippen LogP contribution is -2.87. The molecule has 1 heterocycles. The van der Waals surface area contributed by atoms with Gasteiger partial charge in [-0.3, -0.25) is 4.79 Å². The van der Waals surface area contributed by atoms with Crippen LogP contribution in [0.25, 0.3) is 0 Å². The number of thiophene rings is 1. The molecule has 2 rings (SSSR count). The first-order valence-electron chi connectivity index (χ1n) is 7.00. The summed E-state index contributed by atoms with van der Waals surface area (Å²) in [7, 11) is 0. The number of carbonyl (C=O) groups is 1. The molecule has 0 aliphatic heterocycles. The second-order valence-electron chi connectivity index (χ2n) is 4.83. The van der Waals surface area contributed by atoms with Crippen LogP contribution < -0.4 is 10.6 Å². The summed E-state index contributed by atoms with van der Waals surface area (Å²) in [5, 5.41) is 16.2. The molecule has 0 unspecified atom stereocenters. The Labute approximate surface area is 142 Å². The number of amides is 1. The molecule has 6 heteroatoms. The van der Waals surface area contributed by atoms with Crippen molar-refractivity contribution in [3.8, 4) is 6.07 Å². The minimum Gasteiger partial charge on any atom is -0.332 e. The Morgan fingerprint density at radius 3 is 2.77 bits per heavy atom. The quantitative estimate of drug-likeness (QED) is 0.810. The molecule has 1 amide bonds. The van der Waals surface area contributed by atoms with Crippen molar-refractivity contribution >= 4 is 38.2 Å². The van der Waals surface area contributed by atoms with Gasteiger partial charge in [-0.1, -0.05) is 35.0 Å². The molecule has 114 valence electrons. The van der Waals surface area contributed by atoms with E-state index in [1.807, 2.05) is 17.4 Å². The van der Waals surface area contributed by atoms with Gasteiger partial charge < -0.3 is 10.6 Å². The Morgan fingerprint density at radius 2 is 2.14 bits per heavy atom. The molecule has 4 nitrogen and oxygen atoms in total. The number of nitrogens with zero attached hydrogens (tertiary/aromatic N) is 1. The highest BCUT2D eigenvalue weighted by Gasteiger charge is 2.15. The van der Waals surface area contributed by atoms with Crippen molar-refractivity contribution in [2.45, 2.75) is 19.4 Å². The van der Waals surface area contributed by atoms with Crippen LogP contribution in [0.4, 0.5) is 5.00 Å². The zero-order valence-electron chi connectivity index (χ0n) is 12.2. The summed E-state index contributed by atoms with van der Waals surface area (Å²) in [6.45, 7) is 2.44. The van der Waals surface area contributed by atoms with E-state index in [9.17, 15) is 4.79 Å². The normalized spacial score (nSPS) is 11.7. The summed E-state index contributed by atoms with van der Waals surface area (Å²) in [5.74, 6) is -0.0884. The molecule has 3 N–H and O–H groups in total. The van der Waals surface area contributed by atoms with Gasteiger partial charge in [0.1, 0.15) is 17.1 Å². The van der Waals surface area contributed by atoms with Crippen LogP contribution in [0.3, 0.4) is 0 Å². The zero-order valence-corrected chi connectivity index (χ0v) is 14.6. The SMILES string of the molecule is CC[C@H]([NH2+]CC(=O)Nc1sccc1C#N)c1ccc(Br)cc1. The van der Waals surface area contributed by atoms with Crippen LogP contribution in [-0.2, 0) is 4.79 Å². The van der Waals surface area contributed by atoms with Gasteiger partial charge >= 0.3 is 0 Å². The number of hydrogen-bond donors (Lipinski definition) is 2. The van der Waals surface area contributed by atoms with E-state index in [1.165, 1.54) is 16.9 Å². The predicted molar refractivity (Wildman–Crippen MR) is 91.6 cm³/mol. The summed E-state index contributed by atoms with van der Waals surface area (Å²) in [6.07, 6.45) is 0.942. The van der Waals surface area contributed by atoms with Crippen molar-refractivity contribution in [1.29, 1.82) is 5.26 Å². The zero-order chi connectivity index (χ0) is 15.9. The van der Waals surface area contributed by atoms with Gasteiger partial charge in [-0.05, 0) is 23.6 Å². The largest absolute Gasteiger partial charge is 0.332 e. The van der Waals surface area contributed by atoms with E-state index in [2.05, 4.69) is 46.4 Å². The van der Waals surface area contributed by atoms with E-state index in [4.69, 9.17) is 5.26 Å². The molecule has 22 heavy (non-hydrogen) atoms. The van der Waals surface area contributed by atoms with Gasteiger partial charge in [0, 0.05) is 16.5 Å². The molecule has 0 saturated carbocycles. The molecule has 0 aliphatic carbocycles. The standard InChI is InChI=1S/C16H16BrN3OS/c1-2-14(11-3-5-13(17)6-4-11)19-10-15(21)20-16-12(9-18)7-8-22-16/h3-8,14,19H,2,10H2,1H3,(H,20,21)/p+1/t14-/m0/s1. The van der Waals surface area contributed by atoms with Crippen LogP contribution in [0.15, 0.2) is 40.2 Å². The Morgan fingerprint density at radius 1 is 1.41 bits per heavy atom. The van der Waals surface area contributed by atoms with E-state index in [1.54, 1.807) is 11.4 Å². The first kappa shape index (κ1) is 16.7. The predicted octanol–water partition coefficient (Wildman–Crippen LogP) is 3.04. The number of benzene rings is 1. The number of rotatable bonds is 6. The summed E-state index contributed by atoms with van der Waals surface area (Å²) < 4.78 is 1.05. The average molecular weight is 379 g/mol. The number of nitrogens with two attached hydrogens (primary N) is 1. The molecule has 1 aromatic carbocycles. The van der Waals surface area contributed by atoms with Gasteiger partial charge in [0.15, 0.2) is 6.54 Å². The number of nitrogens with one attached hydrogen (secondary N) is 1. The first-order chi connectivity index (χ1) is 10.6. The number of nitriles is 1. The highest BCUT2D eigenvalue weighted by atomic mass is 79.9. The van der Waals surface area contributed by atoms with E-state index >= 15 is 0 Å². The van der Waals surface area contributed by atoms with Crippen LogP contribution in [0.5, 0.6) is 0 Å². The minimum atomic E-state index is -0.0884. The number of halogens is 1. The van der Waals surface area contributed by atoms with Gasteiger partial charge in [-0.2, -0.15) is 5.26 Å². The van der Waals surface area contributed by atoms with Crippen molar-refractivity contribution in [1.82, 2.24) is 0 Å². The first-order valence-corrected chi connectivity index (χ1v) is 8.67. The molecule has 0 saturated heterocycles. The lowest BCUT2D eigenvalue weighted by molar-refractivity contribution is -0.686. The maximum absolute atomic E-state index is 12.0. The van der Waals surface area contributed by atoms with E-state index in [0.29, 0.717) is 17.1 Å². The fourth-order valence-corrected chi connectivity index (χ4v) is 3.19. The van der Waals surface area contributed by atoms with Crippen LogP contribution in [0, 0.1) is 11.3 Å². The molecular weight excluding hydrogens is 362 g/mol. The smallest absolute Gasteiger partial charge is 0.280 e. The van der Waals surface area contributed by atoms with Gasteiger partial charge in [0.05, 0.1) is 5.56 Å². The molecule has 0 radical (unpaired) electrons. The van der Waals surface area contributed by atoms with Crippen molar-refractivity contribution in [3.63, 3.8) is 0 Å². The molecule has 1 atom stereocenters. The fraction of sp³-hybridized carbons (Fsp3) is 0.250. The average Bonchev–Trinajstić information content (AvgIpc) is 2.96. The maximum Gasteiger partial charge on any atom is 0.280 e. The third kappa shape index (κ3) is 4.41. The molecule has 0 fully saturated rings. The van der Waals surface area contributed by atoms with Gasteiger partial charge in [0.2, 0.25) is 0 Å². The number of anilines is 1. The van der Waals surface area contributed by atoms with Crippen molar-refractivity contribution in [2.24, 2.45) is 0 Å². The highest BCUT2D eigenvalue weighted by Crippen LogP contribution is 2.21. The Kier molecular flexibility index (Phi) is 6.13. The Hall–Kier alpha value is -1.68. The van der Waals surface area contributed by atoms with E-state index in [-0.39, 0.29) is 11.9 Å². The summed E-state index contributed by atoms with van der Waals surface area (Å²) in [5.41, 5.74) is 1.71. The van der Waals surface area contributed by atoms with Gasteiger partial charge in [-0.15, -0.1) is 11.3 Å². The maximum atomic E-state index is 12.0. The molecular formula is C16H17BrN3OS+.